The van der Waals surface area contributed by atoms with Gasteiger partial charge in [-0.25, -0.2) is 0 Å². The monoisotopic (exact) mass is 165 g/mol. The molecule has 5 heteroatoms. The van der Waals surface area contributed by atoms with Crippen molar-refractivity contribution in [3.05, 3.63) is 11.6 Å². The molecule has 0 fully saturated rings. The first-order chi connectivity index (χ1) is 4.72. The van der Waals surface area contributed by atoms with E-state index in [2.05, 4.69) is 0 Å². The topological polar surface area (TPSA) is 20.3 Å². The van der Waals surface area contributed by atoms with E-state index < -0.39 is 12.5 Å². The van der Waals surface area contributed by atoms with Gasteiger partial charge in [-0.05, 0) is 5.41 Å². The molecule has 1 aliphatic heterocycles. The Bertz CT molecular complexity index is 171. The Morgan fingerprint density at radius 1 is 1.70 bits per heavy atom. The van der Waals surface area contributed by atoms with Gasteiger partial charge in [-0.2, -0.15) is 8.78 Å². The van der Waals surface area contributed by atoms with Crippen LogP contribution in [0.5, 0.6) is 0 Å². The summed E-state index contributed by atoms with van der Waals surface area (Å²) in [7, 11) is 0. The average molecular weight is 165 g/mol. The summed E-state index contributed by atoms with van der Waals surface area (Å²) in [6.07, 6.45) is 1.10. The van der Waals surface area contributed by atoms with Crippen LogP contribution in [0.4, 0.5) is 8.78 Å². The second kappa shape index (κ2) is 3.01. The Morgan fingerprint density at radius 2 is 2.40 bits per heavy atom. The molecule has 2 nitrogen and oxygen atoms in total. The highest BCUT2D eigenvalue weighted by Crippen LogP contribution is 2.15. The summed E-state index contributed by atoms with van der Waals surface area (Å²) < 4.78 is 23.6. The maximum atomic E-state index is 11.8. The summed E-state index contributed by atoms with van der Waals surface area (Å²) in [5.41, 5.74) is 0. The van der Waals surface area contributed by atoms with Gasteiger partial charge in [0.05, 0.1) is 5.75 Å². The largest absolute Gasteiger partial charge is 0.321 e. The molecule has 1 rings (SSSR count). The van der Waals surface area contributed by atoms with Gasteiger partial charge in [0.1, 0.15) is 0 Å². The van der Waals surface area contributed by atoms with Crippen LogP contribution in [0.1, 0.15) is 0 Å². The highest BCUT2D eigenvalue weighted by Gasteiger charge is 2.21. The van der Waals surface area contributed by atoms with Crippen LogP contribution in [-0.4, -0.2) is 23.1 Å². The van der Waals surface area contributed by atoms with Gasteiger partial charge < -0.3 is 0 Å². The van der Waals surface area contributed by atoms with Gasteiger partial charge >= 0.3 is 6.55 Å². The maximum Gasteiger partial charge on any atom is 0.321 e. The highest BCUT2D eigenvalue weighted by molar-refractivity contribution is 8.02. The molecule has 1 aliphatic rings. The van der Waals surface area contributed by atoms with Crippen molar-refractivity contribution in [1.29, 1.82) is 0 Å². The predicted octanol–water partition coefficient (Wildman–Crippen LogP) is 1.26. The van der Waals surface area contributed by atoms with Crippen molar-refractivity contribution in [3.63, 3.8) is 0 Å². The Labute approximate surface area is 60.9 Å². The fraction of sp³-hybridized carbons (Fsp3) is 0.400. The first-order valence-corrected chi connectivity index (χ1v) is 3.64. The summed E-state index contributed by atoms with van der Waals surface area (Å²) in [5.74, 6) is -0.427. The van der Waals surface area contributed by atoms with E-state index in [0.717, 1.165) is 6.20 Å². The minimum Gasteiger partial charge on any atom is -0.273 e. The number of nitrogens with zero attached hydrogens (tertiary/aromatic N) is 1. The summed E-state index contributed by atoms with van der Waals surface area (Å²) in [6, 6.07) is 0. The lowest BCUT2D eigenvalue weighted by molar-refractivity contribution is -0.136. The van der Waals surface area contributed by atoms with Gasteiger partial charge in [0.2, 0.25) is 5.91 Å². The Balaban J connectivity index is 2.64. The van der Waals surface area contributed by atoms with Crippen molar-refractivity contribution in [3.8, 4) is 0 Å². The molecule has 0 aromatic carbocycles. The highest BCUT2D eigenvalue weighted by atomic mass is 32.2. The third-order valence-electron chi connectivity index (χ3n) is 1.02. The van der Waals surface area contributed by atoms with Gasteiger partial charge in [-0.1, -0.05) is 0 Å². The van der Waals surface area contributed by atoms with Crippen LogP contribution in [0, 0.1) is 0 Å². The molecule has 0 saturated heterocycles. The zero-order chi connectivity index (χ0) is 7.56. The molecule has 0 aromatic rings. The molecule has 1 amide bonds. The first kappa shape index (κ1) is 7.53. The van der Waals surface area contributed by atoms with E-state index in [-0.39, 0.29) is 5.75 Å². The Hall–Kier alpha value is -0.580. The average Bonchev–Trinajstić information content (AvgIpc) is 1.88. The minimum atomic E-state index is -2.70. The molecule has 0 unspecified atom stereocenters. The third kappa shape index (κ3) is 1.47. The van der Waals surface area contributed by atoms with Crippen LogP contribution in [0.25, 0.3) is 0 Å². The normalized spacial score (nSPS) is 18.7. The van der Waals surface area contributed by atoms with Crippen LogP contribution >= 0.6 is 11.8 Å². The summed E-state index contributed by atoms with van der Waals surface area (Å²) in [4.78, 5) is 11.0. The SMILES string of the molecule is O=C1CSC=CN1C(F)F. The van der Waals surface area contributed by atoms with Crippen LogP contribution < -0.4 is 0 Å². The van der Waals surface area contributed by atoms with E-state index >= 15 is 0 Å². The quantitative estimate of drug-likeness (QED) is 0.545. The van der Waals surface area contributed by atoms with Crippen molar-refractivity contribution < 1.29 is 13.6 Å². The number of alkyl halides is 2. The lowest BCUT2D eigenvalue weighted by Gasteiger charge is -2.19. The molecule has 0 N–H and O–H groups in total. The molecule has 0 bridgehead atoms. The number of hydrogen-bond acceptors (Lipinski definition) is 2. The lowest BCUT2D eigenvalue weighted by atomic mass is 10.6. The van der Waals surface area contributed by atoms with Crippen LogP contribution in [-0.2, 0) is 4.79 Å². The number of halogens is 2. The molecule has 10 heavy (non-hydrogen) atoms. The number of carbonyl (C=O) groups excluding carboxylic acids is 1. The number of rotatable bonds is 1. The number of carbonyl (C=O) groups is 1. The van der Waals surface area contributed by atoms with Crippen molar-refractivity contribution >= 4 is 17.7 Å². The van der Waals surface area contributed by atoms with E-state index in [0.29, 0.717) is 4.90 Å². The summed E-state index contributed by atoms with van der Waals surface area (Å²) in [6.45, 7) is -2.70. The van der Waals surface area contributed by atoms with Gasteiger partial charge in [0, 0.05) is 6.20 Å². The Morgan fingerprint density at radius 3 is 2.80 bits per heavy atom. The standard InChI is InChI=1S/C5H5F2NOS/c6-5(7)8-1-2-10-3-4(8)9/h1-2,5H,3H2. The molecule has 0 radical (unpaired) electrons. The van der Waals surface area contributed by atoms with E-state index in [1.807, 2.05) is 0 Å². The third-order valence-corrected chi connectivity index (χ3v) is 1.75. The van der Waals surface area contributed by atoms with Crippen molar-refractivity contribution in [2.24, 2.45) is 0 Å². The van der Waals surface area contributed by atoms with Gasteiger partial charge in [-0.15, -0.1) is 11.8 Å². The van der Waals surface area contributed by atoms with Crippen LogP contribution in [0.2, 0.25) is 0 Å². The van der Waals surface area contributed by atoms with Crippen molar-refractivity contribution in [2.45, 2.75) is 6.55 Å². The molecule has 0 aliphatic carbocycles. The minimum absolute atomic E-state index is 0.112. The van der Waals surface area contributed by atoms with E-state index in [9.17, 15) is 13.6 Å². The number of hydrogen-bond donors (Lipinski definition) is 0. The molecular formula is C5H5F2NOS. The summed E-state index contributed by atoms with van der Waals surface area (Å²) in [5, 5.41) is 1.48. The zero-order valence-electron chi connectivity index (χ0n) is 4.96. The number of amides is 1. The molecule has 0 atom stereocenters. The van der Waals surface area contributed by atoms with E-state index in [4.69, 9.17) is 0 Å². The fourth-order valence-corrected chi connectivity index (χ4v) is 1.16. The molecular weight excluding hydrogens is 160 g/mol. The molecule has 56 valence electrons. The Kier molecular flexibility index (Phi) is 2.26. The van der Waals surface area contributed by atoms with E-state index in [1.165, 1.54) is 17.2 Å². The fourth-order valence-electron chi connectivity index (χ4n) is 0.560. The van der Waals surface area contributed by atoms with Crippen molar-refractivity contribution in [1.82, 2.24) is 4.90 Å². The molecule has 1 heterocycles. The van der Waals surface area contributed by atoms with Gasteiger partial charge in [0.25, 0.3) is 0 Å². The molecule has 0 aromatic heterocycles. The second-order valence-corrected chi connectivity index (χ2v) is 2.57. The van der Waals surface area contributed by atoms with Gasteiger partial charge in [0.15, 0.2) is 0 Å². The molecule has 0 spiro atoms. The maximum absolute atomic E-state index is 11.8. The second-order valence-electron chi connectivity index (χ2n) is 1.67. The lowest BCUT2D eigenvalue weighted by Crippen LogP contribution is -2.33. The van der Waals surface area contributed by atoms with Crippen LogP contribution in [0.3, 0.4) is 0 Å². The predicted molar refractivity (Wildman–Crippen MR) is 34.4 cm³/mol. The smallest absolute Gasteiger partial charge is 0.273 e. The number of thioether (sulfide) groups is 1. The van der Waals surface area contributed by atoms with Crippen LogP contribution in [0.15, 0.2) is 11.6 Å². The summed E-state index contributed by atoms with van der Waals surface area (Å²) >= 11 is 1.22. The molecule has 0 saturated carbocycles. The van der Waals surface area contributed by atoms with Gasteiger partial charge in [-0.3, -0.25) is 9.69 Å². The van der Waals surface area contributed by atoms with E-state index in [1.54, 1.807) is 0 Å². The zero-order valence-corrected chi connectivity index (χ0v) is 5.78. The first-order valence-electron chi connectivity index (χ1n) is 2.59. The van der Waals surface area contributed by atoms with Crippen molar-refractivity contribution in [2.75, 3.05) is 5.75 Å².